The number of thioether (sulfide) groups is 1. The maximum absolute atomic E-state index is 13.0. The lowest BCUT2D eigenvalue weighted by molar-refractivity contribution is -0.123. The first-order valence-electron chi connectivity index (χ1n) is 10.8. The van der Waals surface area contributed by atoms with E-state index in [1.54, 1.807) is 12.1 Å². The third kappa shape index (κ3) is 5.43. The molecule has 0 unspecified atom stereocenters. The van der Waals surface area contributed by atoms with E-state index in [0.717, 1.165) is 28.5 Å². The van der Waals surface area contributed by atoms with Crippen LogP contribution in [0.15, 0.2) is 70.5 Å². The fourth-order valence-corrected chi connectivity index (χ4v) is 5.61. The quantitative estimate of drug-likeness (QED) is 0.268. The number of amides is 2. The molecule has 7 nitrogen and oxygen atoms in total. The van der Waals surface area contributed by atoms with Crippen LogP contribution in [0.5, 0.6) is 11.5 Å². The third-order valence-electron chi connectivity index (χ3n) is 5.52. The largest absolute Gasteiger partial charge is 0.493 e. The Bertz CT molecular complexity index is 1480. The number of rotatable bonds is 7. The maximum atomic E-state index is 13.0. The van der Waals surface area contributed by atoms with E-state index in [9.17, 15) is 18.0 Å². The number of imide groups is 1. The lowest BCUT2D eigenvalue weighted by atomic mass is 10.1. The van der Waals surface area contributed by atoms with Gasteiger partial charge in [-0.05, 0) is 72.6 Å². The lowest BCUT2D eigenvalue weighted by Gasteiger charge is -2.14. The van der Waals surface area contributed by atoms with Gasteiger partial charge in [-0.15, -0.1) is 0 Å². The van der Waals surface area contributed by atoms with Crippen molar-refractivity contribution in [3.8, 4) is 11.5 Å². The van der Waals surface area contributed by atoms with Crippen LogP contribution in [0.1, 0.15) is 22.3 Å². The Morgan fingerprint density at radius 3 is 2.39 bits per heavy atom. The number of hydrogen-bond acceptors (Lipinski definition) is 7. The molecule has 0 aliphatic carbocycles. The van der Waals surface area contributed by atoms with E-state index in [0.29, 0.717) is 5.56 Å². The highest BCUT2D eigenvalue weighted by atomic mass is 35.5. The molecule has 1 heterocycles. The first-order chi connectivity index (χ1) is 17.1. The molecule has 1 saturated heterocycles. The molecule has 0 atom stereocenters. The van der Waals surface area contributed by atoms with E-state index in [-0.39, 0.29) is 38.1 Å². The first kappa shape index (κ1) is 25.8. The number of hydrogen-bond donors (Lipinski definition) is 0. The normalized spacial score (nSPS) is 15.0. The van der Waals surface area contributed by atoms with Crippen molar-refractivity contribution in [1.82, 2.24) is 4.90 Å². The summed E-state index contributed by atoms with van der Waals surface area (Å²) in [6.07, 6.45) is 1.51. The number of nitrogens with zero attached hydrogens (tertiary/aromatic N) is 1. The van der Waals surface area contributed by atoms with Crippen molar-refractivity contribution in [2.45, 2.75) is 25.3 Å². The summed E-state index contributed by atoms with van der Waals surface area (Å²) in [5.74, 6) is -0.543. The zero-order chi connectivity index (χ0) is 26.0. The molecular formula is C26H22ClNO6S2. The number of ether oxygens (including phenoxy) is 1. The summed E-state index contributed by atoms with van der Waals surface area (Å²) >= 11 is 7.19. The molecule has 0 saturated carbocycles. The highest BCUT2D eigenvalue weighted by Crippen LogP contribution is 2.40. The smallest absolute Gasteiger partial charge is 0.339 e. The zero-order valence-corrected chi connectivity index (χ0v) is 22.0. The molecule has 1 aliphatic heterocycles. The van der Waals surface area contributed by atoms with Gasteiger partial charge in [0.05, 0.1) is 23.6 Å². The Hall–Kier alpha value is -3.27. The average molecular weight is 544 g/mol. The second kappa shape index (κ2) is 10.4. The van der Waals surface area contributed by atoms with E-state index in [4.69, 9.17) is 20.5 Å². The van der Waals surface area contributed by atoms with Gasteiger partial charge in [-0.25, -0.2) is 0 Å². The summed E-state index contributed by atoms with van der Waals surface area (Å²) in [6, 6.07) is 16.7. The molecule has 186 valence electrons. The van der Waals surface area contributed by atoms with Crippen LogP contribution in [-0.2, 0) is 21.5 Å². The fraction of sp³-hybridized carbons (Fsp3) is 0.154. The first-order valence-corrected chi connectivity index (χ1v) is 13.4. The minimum absolute atomic E-state index is 0.0300. The Morgan fingerprint density at radius 2 is 1.72 bits per heavy atom. The Balaban J connectivity index is 1.60. The van der Waals surface area contributed by atoms with E-state index in [2.05, 4.69) is 0 Å². The summed E-state index contributed by atoms with van der Waals surface area (Å²) in [5, 5.41) is -0.410. The van der Waals surface area contributed by atoms with Crippen molar-refractivity contribution in [3.05, 3.63) is 92.8 Å². The zero-order valence-electron chi connectivity index (χ0n) is 19.6. The monoisotopic (exact) mass is 543 g/mol. The van der Waals surface area contributed by atoms with Crippen molar-refractivity contribution in [2.24, 2.45) is 0 Å². The highest BCUT2D eigenvalue weighted by molar-refractivity contribution is 8.18. The Labute approximate surface area is 218 Å². The summed E-state index contributed by atoms with van der Waals surface area (Å²) in [6.45, 7) is 3.93. The van der Waals surface area contributed by atoms with Crippen molar-refractivity contribution in [2.75, 3.05) is 7.11 Å². The Kier molecular flexibility index (Phi) is 7.44. The van der Waals surface area contributed by atoms with Crippen LogP contribution in [0.25, 0.3) is 6.08 Å². The van der Waals surface area contributed by atoms with Gasteiger partial charge in [-0.3, -0.25) is 14.5 Å². The molecule has 0 bridgehead atoms. The van der Waals surface area contributed by atoms with Crippen LogP contribution in [0, 0.1) is 13.8 Å². The number of benzene rings is 3. The van der Waals surface area contributed by atoms with Crippen LogP contribution in [0.3, 0.4) is 0 Å². The van der Waals surface area contributed by atoms with Gasteiger partial charge in [0.25, 0.3) is 11.1 Å². The van der Waals surface area contributed by atoms with Gasteiger partial charge in [-0.2, -0.15) is 8.42 Å². The summed E-state index contributed by atoms with van der Waals surface area (Å²) in [5.41, 5.74) is 3.20. The van der Waals surface area contributed by atoms with Gasteiger partial charge in [0.15, 0.2) is 5.75 Å². The molecule has 0 radical (unpaired) electrons. The predicted octanol–water partition coefficient (Wildman–Crippen LogP) is 5.97. The molecule has 3 aromatic carbocycles. The molecule has 0 aromatic heterocycles. The van der Waals surface area contributed by atoms with Gasteiger partial charge in [0.1, 0.15) is 4.90 Å². The molecule has 36 heavy (non-hydrogen) atoms. The van der Waals surface area contributed by atoms with Gasteiger partial charge < -0.3 is 8.92 Å². The number of aryl methyl sites for hydroxylation is 2. The predicted molar refractivity (Wildman–Crippen MR) is 140 cm³/mol. The molecule has 1 aliphatic rings. The summed E-state index contributed by atoms with van der Waals surface area (Å²) in [4.78, 5) is 26.9. The van der Waals surface area contributed by atoms with Crippen LogP contribution in [0.4, 0.5) is 4.79 Å². The van der Waals surface area contributed by atoms with Crippen molar-refractivity contribution < 1.29 is 26.9 Å². The number of carbonyl (C=O) groups excluding carboxylic acids is 2. The molecule has 2 amide bonds. The van der Waals surface area contributed by atoms with Crippen LogP contribution < -0.4 is 8.92 Å². The molecule has 4 rings (SSSR count). The Morgan fingerprint density at radius 1 is 1.03 bits per heavy atom. The lowest BCUT2D eigenvalue weighted by Crippen LogP contribution is -2.27. The minimum atomic E-state index is -4.17. The number of methoxy groups -OCH3 is 1. The van der Waals surface area contributed by atoms with Gasteiger partial charge in [0.2, 0.25) is 5.75 Å². The van der Waals surface area contributed by atoms with Crippen molar-refractivity contribution >= 4 is 50.7 Å². The SMILES string of the molecule is COc1cc(/C=C2\SC(=O)N(Cc3ccccc3C)C2=O)cc(Cl)c1OS(=O)(=O)c1ccc(C)cc1. The minimum Gasteiger partial charge on any atom is -0.493 e. The van der Waals surface area contributed by atoms with Crippen LogP contribution >= 0.6 is 23.4 Å². The molecule has 10 heteroatoms. The molecular weight excluding hydrogens is 522 g/mol. The molecule has 1 fully saturated rings. The maximum Gasteiger partial charge on any atom is 0.339 e. The second-order valence-electron chi connectivity index (χ2n) is 8.08. The average Bonchev–Trinajstić information content (AvgIpc) is 3.09. The molecule has 3 aromatic rings. The van der Waals surface area contributed by atoms with Crippen LogP contribution in [-0.4, -0.2) is 31.6 Å². The second-order valence-corrected chi connectivity index (χ2v) is 11.0. The van der Waals surface area contributed by atoms with Gasteiger partial charge in [-0.1, -0.05) is 53.6 Å². The number of halogens is 1. The van der Waals surface area contributed by atoms with Crippen LogP contribution in [0.2, 0.25) is 5.02 Å². The topological polar surface area (TPSA) is 90.0 Å². The van der Waals surface area contributed by atoms with E-state index in [1.807, 2.05) is 38.1 Å². The summed E-state index contributed by atoms with van der Waals surface area (Å²) < 4.78 is 36.1. The van der Waals surface area contributed by atoms with E-state index >= 15 is 0 Å². The van der Waals surface area contributed by atoms with E-state index < -0.39 is 16.0 Å². The molecule has 0 spiro atoms. The fourth-order valence-electron chi connectivity index (χ4n) is 3.51. The van der Waals surface area contributed by atoms with Crippen molar-refractivity contribution in [3.63, 3.8) is 0 Å². The van der Waals surface area contributed by atoms with Crippen molar-refractivity contribution in [1.29, 1.82) is 0 Å². The third-order valence-corrected chi connectivity index (χ3v) is 7.94. The summed E-state index contributed by atoms with van der Waals surface area (Å²) in [7, 11) is -2.82. The van der Waals surface area contributed by atoms with Gasteiger partial charge in [0, 0.05) is 0 Å². The highest BCUT2D eigenvalue weighted by Gasteiger charge is 2.35. The molecule has 0 N–H and O–H groups in total. The number of carbonyl (C=O) groups is 2. The van der Waals surface area contributed by atoms with E-state index in [1.165, 1.54) is 42.4 Å². The van der Waals surface area contributed by atoms with Gasteiger partial charge >= 0.3 is 10.1 Å². The standard InChI is InChI=1S/C26H22ClNO6S2/c1-16-8-10-20(11-9-16)36(31,32)34-24-21(27)12-18(13-22(24)33-3)14-23-25(29)28(26(30)35-23)15-19-7-5-4-6-17(19)2/h4-14H,15H2,1-3H3/b23-14-.